The molecule has 0 fully saturated rings. The molecule has 0 rings (SSSR count). The first-order chi connectivity index (χ1) is 31.0. The molecule has 0 aromatic rings. The number of esters is 1. The minimum absolute atomic E-state index is 0.00653. The molecule has 0 aliphatic rings. The quantitative estimate of drug-likeness (QED) is 0.0321. The zero-order chi connectivity index (χ0) is 45.8. The molecule has 6 nitrogen and oxygen atoms in total. The molecular formula is C57H105NO5. The molecule has 0 saturated heterocycles. The van der Waals surface area contributed by atoms with Crippen LogP contribution in [0.25, 0.3) is 0 Å². The summed E-state index contributed by atoms with van der Waals surface area (Å²) >= 11 is 0. The van der Waals surface area contributed by atoms with Crippen LogP contribution in [-0.4, -0.2) is 47.4 Å². The Labute approximate surface area is 391 Å². The molecule has 63 heavy (non-hydrogen) atoms. The number of rotatable bonds is 50. The summed E-state index contributed by atoms with van der Waals surface area (Å²) in [5, 5.41) is 23.0. The number of allylic oxidation sites excluding steroid dienone is 7. The lowest BCUT2D eigenvalue weighted by molar-refractivity contribution is -0.143. The number of ether oxygens (including phenoxy) is 1. The number of nitrogens with one attached hydrogen (secondary N) is 1. The summed E-state index contributed by atoms with van der Waals surface area (Å²) in [6.45, 7) is 4.84. The highest BCUT2D eigenvalue weighted by molar-refractivity contribution is 5.76. The lowest BCUT2D eigenvalue weighted by atomic mass is 10.1. The van der Waals surface area contributed by atoms with Gasteiger partial charge < -0.3 is 20.3 Å². The van der Waals surface area contributed by atoms with Crippen molar-refractivity contribution in [2.24, 2.45) is 0 Å². The Morgan fingerprint density at radius 1 is 0.444 bits per heavy atom. The summed E-state index contributed by atoms with van der Waals surface area (Å²) in [4.78, 5) is 24.4. The van der Waals surface area contributed by atoms with Crippen molar-refractivity contribution in [2.45, 2.75) is 289 Å². The highest BCUT2D eigenvalue weighted by Gasteiger charge is 2.18. The molecule has 0 bridgehead atoms. The van der Waals surface area contributed by atoms with Crippen LogP contribution in [-0.2, 0) is 14.3 Å². The first-order valence-electron chi connectivity index (χ1n) is 27.4. The zero-order valence-electron chi connectivity index (χ0n) is 41.8. The maximum atomic E-state index is 12.4. The second-order valence-corrected chi connectivity index (χ2v) is 18.5. The van der Waals surface area contributed by atoms with Crippen molar-refractivity contribution in [3.05, 3.63) is 48.6 Å². The van der Waals surface area contributed by atoms with Crippen LogP contribution >= 0.6 is 0 Å². The van der Waals surface area contributed by atoms with Crippen LogP contribution in [0.5, 0.6) is 0 Å². The van der Waals surface area contributed by atoms with Crippen LogP contribution < -0.4 is 5.32 Å². The molecule has 0 aliphatic carbocycles. The molecule has 2 atom stereocenters. The Hall–Kier alpha value is -2.18. The summed E-state index contributed by atoms with van der Waals surface area (Å²) < 4.78 is 5.47. The average Bonchev–Trinajstić information content (AvgIpc) is 3.28. The van der Waals surface area contributed by atoms with E-state index >= 15 is 0 Å². The molecule has 368 valence electrons. The third-order valence-corrected chi connectivity index (χ3v) is 12.3. The van der Waals surface area contributed by atoms with Gasteiger partial charge in [0.25, 0.3) is 0 Å². The van der Waals surface area contributed by atoms with Gasteiger partial charge in [-0.15, -0.1) is 0 Å². The molecule has 1 amide bonds. The maximum Gasteiger partial charge on any atom is 0.305 e. The van der Waals surface area contributed by atoms with Gasteiger partial charge in [-0.1, -0.05) is 223 Å². The van der Waals surface area contributed by atoms with Crippen LogP contribution in [0.15, 0.2) is 48.6 Å². The van der Waals surface area contributed by atoms with E-state index in [0.29, 0.717) is 19.4 Å². The number of amides is 1. The van der Waals surface area contributed by atoms with Crippen molar-refractivity contribution in [1.29, 1.82) is 0 Å². The first-order valence-corrected chi connectivity index (χ1v) is 27.4. The Balaban J connectivity index is 3.46. The topological polar surface area (TPSA) is 95.9 Å². The lowest BCUT2D eigenvalue weighted by Gasteiger charge is -2.20. The number of hydrogen-bond donors (Lipinski definition) is 3. The average molecular weight is 884 g/mol. The predicted molar refractivity (Wildman–Crippen MR) is 273 cm³/mol. The van der Waals surface area contributed by atoms with Crippen LogP contribution in [0.3, 0.4) is 0 Å². The molecule has 0 aliphatic heterocycles. The molecule has 0 radical (unpaired) electrons. The number of aliphatic hydroxyl groups is 2. The number of carbonyl (C=O) groups excluding carboxylic acids is 2. The van der Waals surface area contributed by atoms with E-state index in [1.807, 2.05) is 6.08 Å². The van der Waals surface area contributed by atoms with E-state index in [4.69, 9.17) is 4.74 Å². The molecule has 6 heteroatoms. The lowest BCUT2D eigenvalue weighted by Crippen LogP contribution is -2.45. The number of aliphatic hydroxyl groups excluding tert-OH is 2. The van der Waals surface area contributed by atoms with Crippen molar-refractivity contribution in [3.8, 4) is 0 Å². The second kappa shape index (κ2) is 52.4. The van der Waals surface area contributed by atoms with Crippen molar-refractivity contribution in [1.82, 2.24) is 5.32 Å². The monoisotopic (exact) mass is 884 g/mol. The van der Waals surface area contributed by atoms with Crippen molar-refractivity contribution >= 4 is 11.9 Å². The molecule has 3 N–H and O–H groups in total. The smallest absolute Gasteiger partial charge is 0.305 e. The van der Waals surface area contributed by atoms with Crippen molar-refractivity contribution in [2.75, 3.05) is 13.2 Å². The fourth-order valence-electron chi connectivity index (χ4n) is 8.07. The Morgan fingerprint density at radius 2 is 0.794 bits per heavy atom. The van der Waals surface area contributed by atoms with Gasteiger partial charge in [-0.2, -0.15) is 0 Å². The maximum absolute atomic E-state index is 12.4. The Kier molecular flexibility index (Phi) is 50.6. The van der Waals surface area contributed by atoms with Gasteiger partial charge in [-0.3, -0.25) is 9.59 Å². The fraction of sp³-hybridized carbons (Fsp3) is 0.825. The molecule has 0 heterocycles. The minimum atomic E-state index is -0.852. The van der Waals surface area contributed by atoms with Gasteiger partial charge in [0.1, 0.15) is 0 Å². The third-order valence-electron chi connectivity index (χ3n) is 12.3. The van der Waals surface area contributed by atoms with Gasteiger partial charge in [-0.05, 0) is 89.9 Å². The van der Waals surface area contributed by atoms with Crippen molar-refractivity contribution < 1.29 is 24.5 Å². The molecule has 2 unspecified atom stereocenters. The van der Waals surface area contributed by atoms with Gasteiger partial charge in [0.05, 0.1) is 25.4 Å². The van der Waals surface area contributed by atoms with E-state index in [1.54, 1.807) is 6.08 Å². The first kappa shape index (κ1) is 60.8. The molecule has 0 aromatic heterocycles. The summed E-state index contributed by atoms with van der Waals surface area (Å²) in [5.41, 5.74) is 0. The molecular weight excluding hydrogens is 779 g/mol. The van der Waals surface area contributed by atoms with E-state index in [9.17, 15) is 19.8 Å². The number of carbonyl (C=O) groups is 2. The van der Waals surface area contributed by atoms with E-state index in [1.165, 1.54) is 180 Å². The fourth-order valence-corrected chi connectivity index (χ4v) is 8.07. The van der Waals surface area contributed by atoms with Gasteiger partial charge >= 0.3 is 5.97 Å². The Morgan fingerprint density at radius 3 is 1.25 bits per heavy atom. The largest absolute Gasteiger partial charge is 0.466 e. The highest BCUT2D eigenvalue weighted by atomic mass is 16.5. The predicted octanol–water partition coefficient (Wildman–Crippen LogP) is 16.6. The third kappa shape index (κ3) is 49.1. The summed E-state index contributed by atoms with van der Waals surface area (Å²) in [6, 6.07) is -0.637. The zero-order valence-corrected chi connectivity index (χ0v) is 41.8. The van der Waals surface area contributed by atoms with E-state index < -0.39 is 12.1 Å². The highest BCUT2D eigenvalue weighted by Crippen LogP contribution is 2.15. The molecule has 0 aromatic carbocycles. The standard InChI is InChI=1S/C57H105NO5/c1-3-5-7-9-11-13-15-16-17-20-24-27-31-35-39-43-47-51-57(62)63-52-48-44-40-36-32-28-25-22-19-18-21-23-26-30-34-38-42-46-50-56(61)58-54(53-59)55(60)49-45-41-37-33-29-14-12-10-8-6-4-2/h11,13,16-17,21,23,45,49,54-55,59-60H,3-10,12,14-15,18-20,22,24-44,46-48,50-53H2,1-2H3,(H,58,61)/b13-11-,17-16-,23-21-,49-45+. The number of unbranched alkanes of at least 4 members (excludes halogenated alkanes) is 33. The van der Waals surface area contributed by atoms with Gasteiger partial charge in [0.2, 0.25) is 5.91 Å². The van der Waals surface area contributed by atoms with E-state index in [2.05, 4.69) is 55.6 Å². The summed E-state index contributed by atoms with van der Waals surface area (Å²) in [5.74, 6) is -0.0914. The van der Waals surface area contributed by atoms with Gasteiger partial charge in [-0.25, -0.2) is 0 Å². The van der Waals surface area contributed by atoms with Crippen LogP contribution in [0.2, 0.25) is 0 Å². The number of hydrogen-bond acceptors (Lipinski definition) is 5. The minimum Gasteiger partial charge on any atom is -0.466 e. The van der Waals surface area contributed by atoms with E-state index in [0.717, 1.165) is 70.6 Å². The second-order valence-electron chi connectivity index (χ2n) is 18.5. The van der Waals surface area contributed by atoms with E-state index in [-0.39, 0.29) is 18.5 Å². The molecule has 0 saturated carbocycles. The Bertz CT molecular complexity index is 1070. The van der Waals surface area contributed by atoms with Crippen LogP contribution in [0.4, 0.5) is 0 Å². The SMILES string of the molecule is CCCCC/C=C\C/C=C\CCCCCCCCCC(=O)OCCCCCCCCCCC/C=C\CCCCCCCC(=O)NC(CO)C(O)/C=C/CCCCCCCCCCC. The van der Waals surface area contributed by atoms with Gasteiger partial charge in [0.15, 0.2) is 0 Å². The summed E-state index contributed by atoms with van der Waals surface area (Å²) in [7, 11) is 0. The van der Waals surface area contributed by atoms with Crippen molar-refractivity contribution in [3.63, 3.8) is 0 Å². The van der Waals surface area contributed by atoms with Crippen LogP contribution in [0, 0.1) is 0 Å². The van der Waals surface area contributed by atoms with Crippen LogP contribution in [0.1, 0.15) is 277 Å². The summed E-state index contributed by atoms with van der Waals surface area (Å²) in [6.07, 6.45) is 65.5. The molecule has 0 spiro atoms. The normalized spacial score (nSPS) is 13.0. The van der Waals surface area contributed by atoms with Gasteiger partial charge in [0, 0.05) is 12.8 Å².